The van der Waals surface area contributed by atoms with E-state index < -0.39 is 0 Å². The highest BCUT2D eigenvalue weighted by molar-refractivity contribution is 7.22. The number of nitrogens with zero attached hydrogens (tertiary/aromatic N) is 2. The number of benzene rings is 2. The van der Waals surface area contributed by atoms with Crippen LogP contribution in [0.1, 0.15) is 16.7 Å². The standard InChI is InChI=1S/C22H25N3O3S/c1-15-3-6-19(16(2)11-15)28-14-21(26)24-22-23-18-5-4-17(12-20(18)29-22)13-25-7-9-27-10-8-25/h3-6,11-12H,7-10,13-14H2,1-2H3,(H,23,24,26). The van der Waals surface area contributed by atoms with Gasteiger partial charge in [-0.15, -0.1) is 0 Å². The Balaban J connectivity index is 1.36. The SMILES string of the molecule is Cc1ccc(OCC(=O)Nc2nc3ccc(CN4CCOCC4)cc3s2)c(C)c1. The summed E-state index contributed by atoms with van der Waals surface area (Å²) in [6.45, 7) is 8.38. The zero-order valence-corrected chi connectivity index (χ0v) is 17.6. The van der Waals surface area contributed by atoms with Gasteiger partial charge in [-0.3, -0.25) is 15.0 Å². The molecule has 0 saturated carbocycles. The fourth-order valence-corrected chi connectivity index (χ4v) is 4.34. The van der Waals surface area contributed by atoms with Crippen LogP contribution < -0.4 is 10.1 Å². The summed E-state index contributed by atoms with van der Waals surface area (Å²) in [6, 6.07) is 12.2. The van der Waals surface area contributed by atoms with Crippen molar-refractivity contribution in [3.63, 3.8) is 0 Å². The molecule has 152 valence electrons. The number of aryl methyl sites for hydroxylation is 2. The van der Waals surface area contributed by atoms with Crippen LogP contribution in [0.3, 0.4) is 0 Å². The number of rotatable bonds is 6. The Morgan fingerprint density at radius 2 is 2.03 bits per heavy atom. The maximum absolute atomic E-state index is 12.3. The molecular formula is C22H25N3O3S. The van der Waals surface area contributed by atoms with Crippen LogP contribution in [0.2, 0.25) is 0 Å². The Morgan fingerprint density at radius 3 is 2.83 bits per heavy atom. The molecule has 0 atom stereocenters. The second kappa shape index (κ2) is 8.90. The van der Waals surface area contributed by atoms with Gasteiger partial charge in [-0.2, -0.15) is 0 Å². The lowest BCUT2D eigenvalue weighted by Crippen LogP contribution is -2.35. The van der Waals surface area contributed by atoms with Gasteiger partial charge >= 0.3 is 0 Å². The summed E-state index contributed by atoms with van der Waals surface area (Å²) < 4.78 is 12.1. The highest BCUT2D eigenvalue weighted by atomic mass is 32.1. The molecule has 29 heavy (non-hydrogen) atoms. The first-order valence-electron chi connectivity index (χ1n) is 9.76. The number of nitrogens with one attached hydrogen (secondary N) is 1. The third-order valence-electron chi connectivity index (χ3n) is 4.90. The molecule has 0 unspecified atom stereocenters. The summed E-state index contributed by atoms with van der Waals surface area (Å²) in [5, 5.41) is 3.44. The summed E-state index contributed by atoms with van der Waals surface area (Å²) in [6.07, 6.45) is 0. The normalized spacial score (nSPS) is 14.8. The maximum Gasteiger partial charge on any atom is 0.264 e. The van der Waals surface area contributed by atoms with Gasteiger partial charge in [-0.1, -0.05) is 35.1 Å². The Bertz CT molecular complexity index is 1010. The van der Waals surface area contributed by atoms with E-state index in [1.807, 2.05) is 38.1 Å². The number of hydrogen-bond acceptors (Lipinski definition) is 6. The van der Waals surface area contributed by atoms with Crippen LogP contribution in [0.4, 0.5) is 5.13 Å². The molecule has 1 aromatic heterocycles. The van der Waals surface area contributed by atoms with E-state index >= 15 is 0 Å². The van der Waals surface area contributed by atoms with Gasteiger partial charge in [0.15, 0.2) is 11.7 Å². The topological polar surface area (TPSA) is 63.7 Å². The van der Waals surface area contributed by atoms with Crippen molar-refractivity contribution < 1.29 is 14.3 Å². The van der Waals surface area contributed by atoms with E-state index in [0.29, 0.717) is 5.13 Å². The van der Waals surface area contributed by atoms with Crippen molar-refractivity contribution in [1.82, 2.24) is 9.88 Å². The molecule has 1 aliphatic rings. The number of anilines is 1. The van der Waals surface area contributed by atoms with Crippen LogP contribution in [-0.2, 0) is 16.1 Å². The van der Waals surface area contributed by atoms with Gasteiger partial charge in [0.25, 0.3) is 5.91 Å². The maximum atomic E-state index is 12.3. The summed E-state index contributed by atoms with van der Waals surface area (Å²) >= 11 is 1.49. The molecule has 7 heteroatoms. The van der Waals surface area contributed by atoms with E-state index in [9.17, 15) is 4.79 Å². The molecule has 1 aliphatic heterocycles. The lowest BCUT2D eigenvalue weighted by molar-refractivity contribution is -0.118. The first-order chi connectivity index (χ1) is 14.1. The van der Waals surface area contributed by atoms with Crippen molar-refractivity contribution in [2.45, 2.75) is 20.4 Å². The highest BCUT2D eigenvalue weighted by Crippen LogP contribution is 2.27. The van der Waals surface area contributed by atoms with Crippen molar-refractivity contribution in [1.29, 1.82) is 0 Å². The minimum absolute atomic E-state index is 0.0396. The van der Waals surface area contributed by atoms with Crippen molar-refractivity contribution in [3.8, 4) is 5.75 Å². The average Bonchev–Trinajstić information content (AvgIpc) is 3.09. The summed E-state index contributed by atoms with van der Waals surface area (Å²) in [5.41, 5.74) is 4.33. The van der Waals surface area contributed by atoms with E-state index in [1.54, 1.807) is 0 Å². The first-order valence-corrected chi connectivity index (χ1v) is 10.6. The van der Waals surface area contributed by atoms with Crippen molar-refractivity contribution in [2.24, 2.45) is 0 Å². The summed E-state index contributed by atoms with van der Waals surface area (Å²) in [7, 11) is 0. The molecule has 3 aromatic rings. The van der Waals surface area contributed by atoms with Crippen molar-refractivity contribution >= 4 is 32.6 Å². The van der Waals surface area contributed by atoms with E-state index in [4.69, 9.17) is 9.47 Å². The molecule has 0 radical (unpaired) electrons. The lowest BCUT2D eigenvalue weighted by Gasteiger charge is -2.26. The molecule has 1 N–H and O–H groups in total. The van der Waals surface area contributed by atoms with Crippen LogP contribution in [0.5, 0.6) is 5.75 Å². The van der Waals surface area contributed by atoms with Gasteiger partial charge in [0.1, 0.15) is 5.75 Å². The van der Waals surface area contributed by atoms with E-state index in [2.05, 4.69) is 27.3 Å². The zero-order valence-electron chi connectivity index (χ0n) is 16.7. The second-order valence-corrected chi connectivity index (χ2v) is 8.35. The van der Waals surface area contributed by atoms with Crippen LogP contribution in [-0.4, -0.2) is 48.7 Å². The number of carbonyl (C=O) groups excluding carboxylic acids is 1. The molecule has 6 nitrogen and oxygen atoms in total. The third kappa shape index (κ3) is 5.12. The number of ether oxygens (including phenoxy) is 2. The predicted octanol–water partition coefficient (Wildman–Crippen LogP) is 3.76. The molecule has 1 amide bonds. The van der Waals surface area contributed by atoms with Crippen LogP contribution in [0.15, 0.2) is 36.4 Å². The van der Waals surface area contributed by atoms with E-state index in [0.717, 1.165) is 54.4 Å². The lowest BCUT2D eigenvalue weighted by atomic mass is 10.1. The highest BCUT2D eigenvalue weighted by Gasteiger charge is 2.13. The number of aromatic nitrogens is 1. The largest absolute Gasteiger partial charge is 0.483 e. The Hall–Kier alpha value is -2.48. The van der Waals surface area contributed by atoms with Gasteiger partial charge < -0.3 is 9.47 Å². The van der Waals surface area contributed by atoms with Gasteiger partial charge in [0.05, 0.1) is 23.4 Å². The molecule has 4 rings (SSSR count). The second-order valence-electron chi connectivity index (χ2n) is 7.32. The first kappa shape index (κ1) is 19.8. The molecular weight excluding hydrogens is 386 g/mol. The minimum atomic E-state index is -0.211. The van der Waals surface area contributed by atoms with Gasteiger partial charge in [0, 0.05) is 19.6 Å². The number of thiazole rings is 1. The fraction of sp³-hybridized carbons (Fsp3) is 0.364. The molecule has 1 saturated heterocycles. The van der Waals surface area contributed by atoms with E-state index in [1.165, 1.54) is 22.5 Å². The summed E-state index contributed by atoms with van der Waals surface area (Å²) in [5.74, 6) is 0.514. The quantitative estimate of drug-likeness (QED) is 0.669. The third-order valence-corrected chi connectivity index (χ3v) is 5.83. The van der Waals surface area contributed by atoms with Crippen molar-refractivity contribution in [2.75, 3.05) is 38.2 Å². The fourth-order valence-electron chi connectivity index (χ4n) is 3.40. The van der Waals surface area contributed by atoms with Crippen LogP contribution in [0.25, 0.3) is 10.2 Å². The number of amides is 1. The van der Waals surface area contributed by atoms with Crippen molar-refractivity contribution in [3.05, 3.63) is 53.1 Å². The molecule has 0 bridgehead atoms. The van der Waals surface area contributed by atoms with Gasteiger partial charge in [0.2, 0.25) is 0 Å². The average molecular weight is 412 g/mol. The zero-order chi connectivity index (χ0) is 20.2. The van der Waals surface area contributed by atoms with Crippen LogP contribution in [0, 0.1) is 13.8 Å². The number of fused-ring (bicyclic) bond motifs is 1. The molecule has 0 aliphatic carbocycles. The minimum Gasteiger partial charge on any atom is -0.483 e. The van der Waals surface area contributed by atoms with Gasteiger partial charge in [-0.05, 0) is 43.2 Å². The molecule has 0 spiro atoms. The molecule has 1 fully saturated rings. The Kier molecular flexibility index (Phi) is 6.08. The smallest absolute Gasteiger partial charge is 0.264 e. The Labute approximate surface area is 174 Å². The summed E-state index contributed by atoms with van der Waals surface area (Å²) in [4.78, 5) is 19.2. The monoisotopic (exact) mass is 411 g/mol. The van der Waals surface area contributed by atoms with Crippen LogP contribution >= 0.6 is 11.3 Å². The predicted molar refractivity (Wildman–Crippen MR) is 116 cm³/mol. The number of hydrogen-bond donors (Lipinski definition) is 1. The molecule has 2 heterocycles. The number of morpholine rings is 1. The van der Waals surface area contributed by atoms with Gasteiger partial charge in [-0.25, -0.2) is 4.98 Å². The number of carbonyl (C=O) groups is 1. The van der Waals surface area contributed by atoms with E-state index in [-0.39, 0.29) is 12.5 Å². The Morgan fingerprint density at radius 1 is 1.21 bits per heavy atom. The molecule has 2 aromatic carbocycles.